The fraction of sp³-hybridized carbons (Fsp3) is 0.357. The fourth-order valence-corrected chi connectivity index (χ4v) is 1.66. The molecular weight excluding hydrogens is 327 g/mol. The molecule has 7 nitrogen and oxygen atoms in total. The van der Waals surface area contributed by atoms with Crippen molar-refractivity contribution in [3.05, 3.63) is 18.2 Å². The summed E-state index contributed by atoms with van der Waals surface area (Å²) in [7, 11) is 7.78. The topological polar surface area (TPSA) is 95.6 Å². The number of carboxylic acids is 1. The van der Waals surface area contributed by atoms with Gasteiger partial charge in [-0.2, -0.15) is 18.2 Å². The van der Waals surface area contributed by atoms with Gasteiger partial charge in [0.25, 0.3) is 0 Å². The zero-order valence-corrected chi connectivity index (χ0v) is 13.6. The van der Waals surface area contributed by atoms with Gasteiger partial charge in [-0.3, -0.25) is 0 Å². The SMILES string of the molecule is CN(C)c1nc(N(C)C)c2cc(N)ccc2n1.O=C(O)C(F)(F)F. The molecule has 0 saturated carbocycles. The Morgan fingerprint density at radius 3 is 2.08 bits per heavy atom. The van der Waals surface area contributed by atoms with E-state index in [4.69, 9.17) is 15.6 Å². The molecule has 0 atom stereocenters. The minimum atomic E-state index is -5.08. The number of carbonyl (C=O) groups is 1. The third-order valence-electron chi connectivity index (χ3n) is 2.75. The number of hydrogen-bond acceptors (Lipinski definition) is 6. The van der Waals surface area contributed by atoms with E-state index >= 15 is 0 Å². The minimum Gasteiger partial charge on any atom is -0.475 e. The number of halogens is 3. The molecule has 0 unspecified atom stereocenters. The maximum absolute atomic E-state index is 10.6. The largest absolute Gasteiger partial charge is 0.490 e. The molecule has 3 N–H and O–H groups in total. The summed E-state index contributed by atoms with van der Waals surface area (Å²) in [6, 6.07) is 5.69. The molecule has 0 aliphatic heterocycles. The maximum atomic E-state index is 10.6. The first-order valence-electron chi connectivity index (χ1n) is 6.65. The number of aliphatic carboxylic acids is 1. The summed E-state index contributed by atoms with van der Waals surface area (Å²) in [5.41, 5.74) is 7.43. The van der Waals surface area contributed by atoms with Gasteiger partial charge in [0.15, 0.2) is 0 Å². The number of nitrogen functional groups attached to an aromatic ring is 1. The van der Waals surface area contributed by atoms with Crippen LogP contribution < -0.4 is 15.5 Å². The molecule has 0 saturated heterocycles. The first-order valence-corrected chi connectivity index (χ1v) is 6.65. The van der Waals surface area contributed by atoms with Gasteiger partial charge in [-0.25, -0.2) is 9.78 Å². The predicted molar refractivity (Wildman–Crippen MR) is 86.3 cm³/mol. The number of hydrogen-bond donors (Lipinski definition) is 2. The second-order valence-corrected chi connectivity index (χ2v) is 5.22. The first-order chi connectivity index (χ1) is 10.9. The molecule has 0 aliphatic carbocycles. The quantitative estimate of drug-likeness (QED) is 0.804. The summed E-state index contributed by atoms with van der Waals surface area (Å²) in [5.74, 6) is -1.18. The average Bonchev–Trinajstić information content (AvgIpc) is 2.45. The second-order valence-electron chi connectivity index (χ2n) is 5.22. The van der Waals surface area contributed by atoms with Crippen LogP contribution in [0.5, 0.6) is 0 Å². The number of nitrogens with zero attached hydrogens (tertiary/aromatic N) is 4. The number of benzene rings is 1. The lowest BCUT2D eigenvalue weighted by Gasteiger charge is -2.18. The highest BCUT2D eigenvalue weighted by molar-refractivity contribution is 5.92. The highest BCUT2D eigenvalue weighted by atomic mass is 19.4. The lowest BCUT2D eigenvalue weighted by atomic mass is 10.2. The van der Waals surface area contributed by atoms with Crippen molar-refractivity contribution in [3.8, 4) is 0 Å². The molecular formula is C14H18F3N5O2. The zero-order valence-electron chi connectivity index (χ0n) is 13.6. The van der Waals surface area contributed by atoms with Crippen LogP contribution in [-0.2, 0) is 4.79 Å². The smallest absolute Gasteiger partial charge is 0.475 e. The molecule has 0 amide bonds. The normalized spacial score (nSPS) is 10.8. The van der Waals surface area contributed by atoms with Crippen LogP contribution in [0.15, 0.2) is 18.2 Å². The fourth-order valence-electron chi connectivity index (χ4n) is 1.66. The third kappa shape index (κ3) is 4.86. The highest BCUT2D eigenvalue weighted by Gasteiger charge is 2.38. The molecule has 1 heterocycles. The molecule has 2 rings (SSSR count). The van der Waals surface area contributed by atoms with E-state index in [0.717, 1.165) is 22.4 Å². The Balaban J connectivity index is 0.000000351. The van der Waals surface area contributed by atoms with E-state index in [1.54, 1.807) is 0 Å². The predicted octanol–water partition coefficient (Wildman–Crippen LogP) is 1.98. The molecule has 0 aliphatic rings. The van der Waals surface area contributed by atoms with E-state index in [9.17, 15) is 13.2 Å². The Hall–Kier alpha value is -2.78. The summed E-state index contributed by atoms with van der Waals surface area (Å²) in [4.78, 5) is 21.8. The van der Waals surface area contributed by atoms with Gasteiger partial charge in [-0.1, -0.05) is 0 Å². The van der Waals surface area contributed by atoms with Crippen molar-refractivity contribution in [1.29, 1.82) is 0 Å². The number of carboxylic acid groups (broad SMARTS) is 1. The minimum absolute atomic E-state index is 0.700. The maximum Gasteiger partial charge on any atom is 0.490 e. The Kier molecular flexibility index (Phi) is 5.78. The van der Waals surface area contributed by atoms with Gasteiger partial charge in [-0.15, -0.1) is 0 Å². The molecule has 10 heteroatoms. The van der Waals surface area contributed by atoms with Crippen molar-refractivity contribution in [1.82, 2.24) is 9.97 Å². The molecule has 0 bridgehead atoms. The van der Waals surface area contributed by atoms with Crippen LogP contribution >= 0.6 is 0 Å². The summed E-state index contributed by atoms with van der Waals surface area (Å²) in [5, 5.41) is 8.10. The molecule has 0 fully saturated rings. The van der Waals surface area contributed by atoms with Crippen LogP contribution in [0.2, 0.25) is 0 Å². The Bertz CT molecular complexity index is 732. The molecule has 132 valence electrons. The molecule has 1 aromatic heterocycles. The van der Waals surface area contributed by atoms with Crippen LogP contribution in [0.1, 0.15) is 0 Å². The number of fused-ring (bicyclic) bond motifs is 1. The van der Waals surface area contributed by atoms with Gasteiger partial charge in [-0.05, 0) is 18.2 Å². The molecule has 0 radical (unpaired) electrons. The van der Waals surface area contributed by atoms with Crippen LogP contribution in [0.3, 0.4) is 0 Å². The van der Waals surface area contributed by atoms with Crippen LogP contribution in [0.4, 0.5) is 30.6 Å². The summed E-state index contributed by atoms with van der Waals surface area (Å²) in [6.07, 6.45) is -5.08. The van der Waals surface area contributed by atoms with Gasteiger partial charge < -0.3 is 20.6 Å². The van der Waals surface area contributed by atoms with E-state index in [1.807, 2.05) is 56.2 Å². The van der Waals surface area contributed by atoms with Gasteiger partial charge >= 0.3 is 12.1 Å². The standard InChI is InChI=1S/C12H17N5.C2HF3O2/c1-16(2)11-9-7-8(13)5-6-10(9)14-12(15-11)17(3)4;3-2(4,5)1(6)7/h5-7H,13H2,1-4H3;(H,6,7). The van der Waals surface area contributed by atoms with Crippen molar-refractivity contribution in [2.24, 2.45) is 0 Å². The first kappa shape index (κ1) is 19.3. The van der Waals surface area contributed by atoms with Crippen molar-refractivity contribution in [2.75, 3.05) is 43.7 Å². The third-order valence-corrected chi connectivity index (χ3v) is 2.75. The summed E-state index contributed by atoms with van der Waals surface area (Å²) in [6.45, 7) is 0. The average molecular weight is 345 g/mol. The van der Waals surface area contributed by atoms with E-state index < -0.39 is 12.1 Å². The lowest BCUT2D eigenvalue weighted by Crippen LogP contribution is -2.21. The zero-order chi connectivity index (χ0) is 18.7. The lowest BCUT2D eigenvalue weighted by molar-refractivity contribution is -0.192. The van der Waals surface area contributed by atoms with E-state index in [-0.39, 0.29) is 0 Å². The van der Waals surface area contributed by atoms with Crippen LogP contribution in [0.25, 0.3) is 10.9 Å². The number of anilines is 3. The number of nitrogens with two attached hydrogens (primary N) is 1. The van der Waals surface area contributed by atoms with Crippen LogP contribution in [0, 0.1) is 0 Å². The Morgan fingerprint density at radius 1 is 1.12 bits per heavy atom. The van der Waals surface area contributed by atoms with Gasteiger partial charge in [0.1, 0.15) is 5.82 Å². The monoisotopic (exact) mass is 345 g/mol. The summed E-state index contributed by atoms with van der Waals surface area (Å²) >= 11 is 0. The highest BCUT2D eigenvalue weighted by Crippen LogP contribution is 2.26. The van der Waals surface area contributed by atoms with Crippen molar-refractivity contribution >= 4 is 34.3 Å². The molecule has 1 aromatic carbocycles. The molecule has 2 aromatic rings. The molecule has 24 heavy (non-hydrogen) atoms. The molecule has 0 spiro atoms. The van der Waals surface area contributed by atoms with E-state index in [2.05, 4.69) is 9.97 Å². The van der Waals surface area contributed by atoms with Crippen LogP contribution in [-0.4, -0.2) is 55.4 Å². The van der Waals surface area contributed by atoms with E-state index in [1.165, 1.54) is 0 Å². The van der Waals surface area contributed by atoms with Crippen molar-refractivity contribution in [3.63, 3.8) is 0 Å². The van der Waals surface area contributed by atoms with Gasteiger partial charge in [0.2, 0.25) is 5.95 Å². The second kappa shape index (κ2) is 7.20. The number of rotatable bonds is 2. The van der Waals surface area contributed by atoms with Crippen molar-refractivity contribution in [2.45, 2.75) is 6.18 Å². The van der Waals surface area contributed by atoms with Gasteiger partial charge in [0.05, 0.1) is 5.52 Å². The van der Waals surface area contributed by atoms with Crippen molar-refractivity contribution < 1.29 is 23.1 Å². The Morgan fingerprint density at radius 2 is 1.67 bits per heavy atom. The number of alkyl halides is 3. The summed E-state index contributed by atoms with van der Waals surface area (Å²) < 4.78 is 31.7. The van der Waals surface area contributed by atoms with Gasteiger partial charge in [0, 0.05) is 39.3 Å². The number of aromatic nitrogens is 2. The van der Waals surface area contributed by atoms with E-state index in [0.29, 0.717) is 5.95 Å². The Labute approximate surface area is 136 Å².